The van der Waals surface area contributed by atoms with Crippen LogP contribution in [0.2, 0.25) is 0 Å². The van der Waals surface area contributed by atoms with Crippen LogP contribution in [0.4, 0.5) is 0 Å². The molecule has 2 aromatic carbocycles. The highest BCUT2D eigenvalue weighted by Crippen LogP contribution is 2.42. The van der Waals surface area contributed by atoms with Gasteiger partial charge < -0.3 is 0 Å². The first-order valence-corrected chi connectivity index (χ1v) is 9.98. The molecular formula is C22H18Si. The van der Waals surface area contributed by atoms with Gasteiger partial charge in [0, 0.05) is 0 Å². The van der Waals surface area contributed by atoms with Crippen LogP contribution < -0.4 is 10.4 Å². The van der Waals surface area contributed by atoms with Crippen molar-refractivity contribution in [3.8, 4) is 0 Å². The summed E-state index contributed by atoms with van der Waals surface area (Å²) >= 11 is 0. The van der Waals surface area contributed by atoms with E-state index in [0.29, 0.717) is 0 Å². The van der Waals surface area contributed by atoms with Crippen LogP contribution in [-0.2, 0) is 0 Å². The first-order chi connectivity index (χ1) is 11.4. The zero-order chi connectivity index (χ0) is 15.5. The summed E-state index contributed by atoms with van der Waals surface area (Å²) in [5.41, 5.74) is 2.89. The Morgan fingerprint density at radius 2 is 0.783 bits per heavy atom. The van der Waals surface area contributed by atoms with Gasteiger partial charge in [-0.15, -0.1) is 0 Å². The van der Waals surface area contributed by atoms with E-state index < -0.39 is 8.07 Å². The van der Waals surface area contributed by atoms with Crippen LogP contribution in [-0.4, -0.2) is 8.07 Å². The molecule has 0 aliphatic heterocycles. The maximum Gasteiger partial charge on any atom is 0.131 e. The third-order valence-electron chi connectivity index (χ3n) is 4.60. The van der Waals surface area contributed by atoms with Gasteiger partial charge in [-0.3, -0.25) is 0 Å². The molecule has 0 heterocycles. The lowest BCUT2D eigenvalue weighted by molar-refractivity contribution is 1.35. The first kappa shape index (κ1) is 15.2. The minimum atomic E-state index is -2.20. The van der Waals surface area contributed by atoms with Gasteiger partial charge in [-0.1, -0.05) is 71.0 Å². The molecule has 23 heavy (non-hydrogen) atoms. The van der Waals surface area contributed by atoms with Crippen LogP contribution in [0.25, 0.3) is 0 Å². The molecule has 0 unspecified atom stereocenters. The van der Waals surface area contributed by atoms with E-state index in [-0.39, 0.29) is 0 Å². The largest absolute Gasteiger partial charge is 0.131 e. The second-order valence-electron chi connectivity index (χ2n) is 5.83. The van der Waals surface area contributed by atoms with E-state index in [9.17, 15) is 0 Å². The second kappa shape index (κ2) is 6.65. The monoisotopic (exact) mass is 310 g/mol. The zero-order valence-corrected chi connectivity index (χ0v) is 13.9. The zero-order valence-electron chi connectivity index (χ0n) is 12.9. The molecule has 2 aliphatic carbocycles. The van der Waals surface area contributed by atoms with Gasteiger partial charge in [-0.2, -0.15) is 0 Å². The van der Waals surface area contributed by atoms with E-state index in [1.807, 2.05) is 0 Å². The highest BCUT2D eigenvalue weighted by Gasteiger charge is 2.52. The van der Waals surface area contributed by atoms with E-state index in [0.717, 1.165) is 0 Å². The van der Waals surface area contributed by atoms with Crippen LogP contribution in [0.5, 0.6) is 0 Å². The van der Waals surface area contributed by atoms with Crippen molar-refractivity contribution in [3.63, 3.8) is 0 Å². The van der Waals surface area contributed by atoms with Crippen LogP contribution in [0.1, 0.15) is 0 Å². The van der Waals surface area contributed by atoms with Gasteiger partial charge >= 0.3 is 0 Å². The molecule has 2 fully saturated rings. The first-order valence-electron chi connectivity index (χ1n) is 7.98. The van der Waals surface area contributed by atoms with Gasteiger partial charge in [-0.25, -0.2) is 0 Å². The van der Waals surface area contributed by atoms with E-state index >= 15 is 0 Å². The van der Waals surface area contributed by atoms with Crippen molar-refractivity contribution in [1.29, 1.82) is 0 Å². The normalized spacial score (nSPS) is 20.2. The van der Waals surface area contributed by atoms with E-state index in [1.54, 1.807) is 0 Å². The molecule has 0 saturated heterocycles. The van der Waals surface area contributed by atoms with Gasteiger partial charge in [0.1, 0.15) is 8.07 Å². The maximum absolute atomic E-state index is 2.29. The molecule has 2 saturated carbocycles. The smallest absolute Gasteiger partial charge is 0.0625 e. The van der Waals surface area contributed by atoms with Crippen LogP contribution >= 0.6 is 0 Å². The summed E-state index contributed by atoms with van der Waals surface area (Å²) in [6.07, 6.45) is 17.8. The van der Waals surface area contributed by atoms with E-state index in [4.69, 9.17) is 0 Å². The average Bonchev–Trinajstić information content (AvgIpc) is 3.32. The SMILES string of the molecule is [CH]1[CH][CH][C]([Si]([C]2[CH][CH][CH][CH]2)(c2ccccc2)c2ccccc2)[CH]1. The fourth-order valence-corrected chi connectivity index (χ4v) is 8.39. The van der Waals surface area contributed by atoms with Gasteiger partial charge in [0.05, 0.1) is 0 Å². The average molecular weight is 310 g/mol. The Hall–Kier alpha value is -1.34. The second-order valence-corrected chi connectivity index (χ2v) is 9.64. The number of hydrogen-bond acceptors (Lipinski definition) is 0. The topological polar surface area (TPSA) is 0 Å². The number of benzene rings is 2. The fourth-order valence-electron chi connectivity index (χ4n) is 3.62. The molecule has 0 aromatic heterocycles. The summed E-state index contributed by atoms with van der Waals surface area (Å²) in [6.45, 7) is 0. The Morgan fingerprint density at radius 3 is 1.13 bits per heavy atom. The lowest BCUT2D eigenvalue weighted by Crippen LogP contribution is -2.66. The molecule has 0 nitrogen and oxygen atoms in total. The minimum Gasteiger partial charge on any atom is -0.0625 e. The molecule has 0 spiro atoms. The molecule has 4 rings (SSSR count). The van der Waals surface area contributed by atoms with E-state index in [2.05, 4.69) is 112 Å². The molecule has 2 aliphatic rings. The van der Waals surface area contributed by atoms with Crippen molar-refractivity contribution in [3.05, 3.63) is 123 Å². The Morgan fingerprint density at radius 1 is 0.435 bits per heavy atom. The van der Waals surface area contributed by atoms with E-state index in [1.165, 1.54) is 21.5 Å². The summed E-state index contributed by atoms with van der Waals surface area (Å²) in [6, 6.07) is 22.0. The van der Waals surface area contributed by atoms with Gasteiger partial charge in [0.25, 0.3) is 0 Å². The molecule has 10 radical (unpaired) electrons. The van der Waals surface area contributed by atoms with Crippen molar-refractivity contribution < 1.29 is 0 Å². The Kier molecular flexibility index (Phi) is 4.39. The minimum absolute atomic E-state index is 1.43. The predicted molar refractivity (Wildman–Crippen MR) is 98.8 cm³/mol. The summed E-state index contributed by atoms with van der Waals surface area (Å²) in [5.74, 6) is 0. The van der Waals surface area contributed by atoms with Gasteiger partial charge in [0.2, 0.25) is 0 Å². The summed E-state index contributed by atoms with van der Waals surface area (Å²) in [5, 5.41) is 2.87. The highest BCUT2D eigenvalue weighted by molar-refractivity contribution is 7.11. The Balaban J connectivity index is 1.92. The van der Waals surface area contributed by atoms with Gasteiger partial charge in [0.15, 0.2) is 0 Å². The number of hydrogen-bond donors (Lipinski definition) is 0. The summed E-state index contributed by atoms with van der Waals surface area (Å²) < 4.78 is 0. The Labute approximate surface area is 142 Å². The fraction of sp³-hybridized carbons (Fsp3) is 0. The molecule has 0 N–H and O–H groups in total. The molecule has 110 valence electrons. The predicted octanol–water partition coefficient (Wildman–Crippen LogP) is 3.14. The summed E-state index contributed by atoms with van der Waals surface area (Å²) in [4.78, 5) is 0. The lowest BCUT2D eigenvalue weighted by Gasteiger charge is -2.42. The number of rotatable bonds is 4. The lowest BCUT2D eigenvalue weighted by atomic mass is 10.3. The molecule has 0 bridgehead atoms. The van der Waals surface area contributed by atoms with Gasteiger partial charge in [-0.05, 0) is 62.4 Å². The Bertz CT molecular complexity index is 549. The molecule has 1 heteroatoms. The van der Waals surface area contributed by atoms with Crippen LogP contribution in [0.3, 0.4) is 0 Å². The van der Waals surface area contributed by atoms with Crippen LogP contribution in [0, 0.1) is 62.4 Å². The van der Waals surface area contributed by atoms with Crippen molar-refractivity contribution in [2.75, 3.05) is 0 Å². The van der Waals surface area contributed by atoms with Crippen molar-refractivity contribution in [1.82, 2.24) is 0 Å². The molecule has 0 atom stereocenters. The highest BCUT2D eigenvalue weighted by atomic mass is 28.3. The third-order valence-corrected chi connectivity index (χ3v) is 9.40. The molecular weight excluding hydrogens is 292 g/mol. The molecule has 0 amide bonds. The standard InChI is InChI=1S/C22H18Si/c1-3-11-19(12-4-1)23(21-15-7-8-16-21,22-17-9-10-18-22)20-13-5-2-6-14-20/h1-18H. The maximum atomic E-state index is 2.29. The summed E-state index contributed by atoms with van der Waals surface area (Å²) in [7, 11) is -2.20. The third kappa shape index (κ3) is 2.59. The van der Waals surface area contributed by atoms with Crippen molar-refractivity contribution in [2.45, 2.75) is 0 Å². The van der Waals surface area contributed by atoms with Crippen LogP contribution in [0.15, 0.2) is 60.7 Å². The molecule has 2 aromatic rings. The quantitative estimate of drug-likeness (QED) is 0.761. The van der Waals surface area contributed by atoms with Crippen molar-refractivity contribution >= 4 is 18.4 Å². The van der Waals surface area contributed by atoms with Crippen molar-refractivity contribution in [2.24, 2.45) is 0 Å².